The molecule has 0 aliphatic heterocycles. The number of aliphatic hydroxyl groups excluding tert-OH is 1. The van der Waals surface area contributed by atoms with Gasteiger partial charge in [0.05, 0.1) is 11.8 Å². The third-order valence-corrected chi connectivity index (χ3v) is 2.96. The molecule has 1 aromatic rings. The fraction of sp³-hybridized carbons (Fsp3) is 0.400. The predicted octanol–water partition coefficient (Wildman–Crippen LogP) is 3.28. The molecule has 0 saturated carbocycles. The van der Waals surface area contributed by atoms with Crippen LogP contribution in [0.1, 0.15) is 13.8 Å². The van der Waals surface area contributed by atoms with Gasteiger partial charge in [-0.15, -0.1) is 0 Å². The molecule has 0 aliphatic carbocycles. The molecule has 4 heteroatoms. The molecule has 2 nitrogen and oxygen atoms in total. The number of rotatable bonds is 3. The number of benzene rings is 1. The fourth-order valence-electron chi connectivity index (χ4n) is 0.974. The summed E-state index contributed by atoms with van der Waals surface area (Å²) < 4.78 is 0.939. The third-order valence-electron chi connectivity index (χ3n) is 2.04. The summed E-state index contributed by atoms with van der Waals surface area (Å²) in [5.41, 5.74) is 0.894. The molecule has 2 atom stereocenters. The molecule has 1 aromatic carbocycles. The van der Waals surface area contributed by atoms with Crippen LogP contribution in [0.4, 0.5) is 5.69 Å². The molecule has 0 saturated heterocycles. The van der Waals surface area contributed by atoms with Crippen molar-refractivity contribution < 1.29 is 5.11 Å². The zero-order chi connectivity index (χ0) is 10.7. The minimum Gasteiger partial charge on any atom is -0.391 e. The molecule has 0 radical (unpaired) electrons. The van der Waals surface area contributed by atoms with Gasteiger partial charge in [0.2, 0.25) is 0 Å². The Morgan fingerprint density at radius 3 is 2.64 bits per heavy atom. The van der Waals surface area contributed by atoms with Crippen LogP contribution in [0.3, 0.4) is 0 Å². The van der Waals surface area contributed by atoms with Crippen LogP contribution in [0.5, 0.6) is 0 Å². The van der Waals surface area contributed by atoms with E-state index in [1.807, 2.05) is 25.1 Å². The van der Waals surface area contributed by atoms with E-state index in [9.17, 15) is 5.11 Å². The van der Waals surface area contributed by atoms with Crippen molar-refractivity contribution in [3.63, 3.8) is 0 Å². The van der Waals surface area contributed by atoms with Crippen LogP contribution in [0.2, 0.25) is 5.02 Å². The lowest BCUT2D eigenvalue weighted by Crippen LogP contribution is -2.27. The summed E-state index contributed by atoms with van der Waals surface area (Å²) >= 11 is 9.26. The van der Waals surface area contributed by atoms with E-state index in [4.69, 9.17) is 11.6 Å². The molecule has 2 N–H and O–H groups in total. The van der Waals surface area contributed by atoms with Crippen molar-refractivity contribution in [2.45, 2.75) is 26.0 Å². The highest BCUT2D eigenvalue weighted by Crippen LogP contribution is 2.26. The van der Waals surface area contributed by atoms with Crippen molar-refractivity contribution in [1.82, 2.24) is 0 Å². The van der Waals surface area contributed by atoms with Crippen molar-refractivity contribution in [3.05, 3.63) is 27.7 Å². The average molecular weight is 279 g/mol. The Morgan fingerprint density at radius 2 is 2.07 bits per heavy atom. The summed E-state index contributed by atoms with van der Waals surface area (Å²) in [6.45, 7) is 3.66. The van der Waals surface area contributed by atoms with Gasteiger partial charge in [-0.05, 0) is 48.0 Å². The molecule has 0 fully saturated rings. The standard InChI is InChI=1S/C10H13BrClNO/c1-6(7(2)14)13-10-5-8(12)3-4-9(10)11/h3-7,13-14H,1-2H3. The van der Waals surface area contributed by atoms with Crippen LogP contribution in [0, 0.1) is 0 Å². The first-order chi connectivity index (χ1) is 6.50. The van der Waals surface area contributed by atoms with Crippen LogP contribution < -0.4 is 5.32 Å². The Balaban J connectivity index is 2.80. The van der Waals surface area contributed by atoms with Crippen LogP contribution in [0.15, 0.2) is 22.7 Å². The third kappa shape index (κ3) is 3.15. The molecule has 0 spiro atoms. The molecule has 0 heterocycles. The fourth-order valence-corrected chi connectivity index (χ4v) is 1.51. The maximum Gasteiger partial charge on any atom is 0.0710 e. The van der Waals surface area contributed by atoms with Gasteiger partial charge in [0.25, 0.3) is 0 Å². The lowest BCUT2D eigenvalue weighted by Gasteiger charge is -2.18. The smallest absolute Gasteiger partial charge is 0.0710 e. The van der Waals surface area contributed by atoms with E-state index in [1.165, 1.54) is 0 Å². The molecular weight excluding hydrogens is 265 g/mol. The van der Waals surface area contributed by atoms with Crippen molar-refractivity contribution in [1.29, 1.82) is 0 Å². The number of aliphatic hydroxyl groups is 1. The SMILES string of the molecule is CC(O)C(C)Nc1cc(Cl)ccc1Br. The molecule has 1 rings (SSSR count). The predicted molar refractivity (Wildman–Crippen MR) is 63.9 cm³/mol. The minimum atomic E-state index is -0.402. The summed E-state index contributed by atoms with van der Waals surface area (Å²) in [5.74, 6) is 0. The van der Waals surface area contributed by atoms with E-state index in [0.717, 1.165) is 10.2 Å². The highest BCUT2D eigenvalue weighted by Gasteiger charge is 2.09. The molecule has 14 heavy (non-hydrogen) atoms. The van der Waals surface area contributed by atoms with Crippen molar-refractivity contribution in [2.75, 3.05) is 5.32 Å². The normalized spacial score (nSPS) is 14.9. The minimum absolute atomic E-state index is 0.00948. The number of halogens is 2. The molecule has 0 aromatic heterocycles. The van der Waals surface area contributed by atoms with Gasteiger partial charge in [-0.2, -0.15) is 0 Å². The van der Waals surface area contributed by atoms with Gasteiger partial charge in [0.1, 0.15) is 0 Å². The van der Waals surface area contributed by atoms with E-state index < -0.39 is 6.10 Å². The first-order valence-corrected chi connectivity index (χ1v) is 5.57. The second kappa shape index (κ2) is 5.01. The molecule has 0 aliphatic rings. The van der Waals surface area contributed by atoms with E-state index in [2.05, 4.69) is 21.2 Å². The van der Waals surface area contributed by atoms with Crippen LogP contribution in [0.25, 0.3) is 0 Å². The Hall–Kier alpha value is -0.250. The Labute approximate surface area is 97.4 Å². The second-order valence-corrected chi connectivity index (χ2v) is 4.59. The van der Waals surface area contributed by atoms with Crippen LogP contribution in [-0.4, -0.2) is 17.3 Å². The van der Waals surface area contributed by atoms with E-state index >= 15 is 0 Å². The van der Waals surface area contributed by atoms with Gasteiger partial charge < -0.3 is 10.4 Å². The lowest BCUT2D eigenvalue weighted by molar-refractivity contribution is 0.178. The first-order valence-electron chi connectivity index (χ1n) is 4.40. The summed E-state index contributed by atoms with van der Waals surface area (Å²) in [4.78, 5) is 0. The second-order valence-electron chi connectivity index (χ2n) is 3.30. The van der Waals surface area contributed by atoms with E-state index in [1.54, 1.807) is 6.92 Å². The number of nitrogens with one attached hydrogen (secondary N) is 1. The zero-order valence-corrected chi connectivity index (χ0v) is 10.4. The van der Waals surface area contributed by atoms with Gasteiger partial charge in [-0.1, -0.05) is 11.6 Å². The van der Waals surface area contributed by atoms with Gasteiger partial charge in [0.15, 0.2) is 0 Å². The Kier molecular flexibility index (Phi) is 4.23. The monoisotopic (exact) mass is 277 g/mol. The molecular formula is C10H13BrClNO. The van der Waals surface area contributed by atoms with Crippen molar-refractivity contribution in [3.8, 4) is 0 Å². The summed E-state index contributed by atoms with van der Waals surface area (Å²) in [6, 6.07) is 5.50. The van der Waals surface area contributed by atoms with Crippen LogP contribution >= 0.6 is 27.5 Å². The quantitative estimate of drug-likeness (QED) is 0.889. The largest absolute Gasteiger partial charge is 0.391 e. The van der Waals surface area contributed by atoms with E-state index in [0.29, 0.717) is 5.02 Å². The number of anilines is 1. The van der Waals surface area contributed by atoms with Gasteiger partial charge in [0, 0.05) is 15.5 Å². The number of hydrogen-bond donors (Lipinski definition) is 2. The van der Waals surface area contributed by atoms with Gasteiger partial charge in [-0.25, -0.2) is 0 Å². The Bertz CT molecular complexity index is 317. The summed E-state index contributed by atoms with van der Waals surface area (Å²) in [7, 11) is 0. The van der Waals surface area contributed by atoms with Gasteiger partial charge in [-0.3, -0.25) is 0 Å². The van der Waals surface area contributed by atoms with Crippen LogP contribution in [-0.2, 0) is 0 Å². The molecule has 0 bridgehead atoms. The zero-order valence-electron chi connectivity index (χ0n) is 8.09. The highest BCUT2D eigenvalue weighted by molar-refractivity contribution is 9.10. The van der Waals surface area contributed by atoms with Crippen molar-refractivity contribution >= 4 is 33.2 Å². The molecule has 2 unspecified atom stereocenters. The van der Waals surface area contributed by atoms with E-state index in [-0.39, 0.29) is 6.04 Å². The maximum atomic E-state index is 9.33. The van der Waals surface area contributed by atoms with Gasteiger partial charge >= 0.3 is 0 Å². The van der Waals surface area contributed by atoms with Crippen molar-refractivity contribution in [2.24, 2.45) is 0 Å². The summed E-state index contributed by atoms with van der Waals surface area (Å²) in [6.07, 6.45) is -0.402. The molecule has 0 amide bonds. The first kappa shape index (κ1) is 11.8. The average Bonchev–Trinajstić information content (AvgIpc) is 2.11. The lowest BCUT2D eigenvalue weighted by atomic mass is 10.2. The number of hydrogen-bond acceptors (Lipinski definition) is 2. The molecule has 78 valence electrons. The maximum absolute atomic E-state index is 9.33. The topological polar surface area (TPSA) is 32.3 Å². The highest BCUT2D eigenvalue weighted by atomic mass is 79.9. The Morgan fingerprint density at radius 1 is 1.43 bits per heavy atom. The summed E-state index contributed by atoms with van der Waals surface area (Å²) in [5, 5.41) is 13.2.